The van der Waals surface area contributed by atoms with Gasteiger partial charge in [0.2, 0.25) is 0 Å². The zero-order valence-corrected chi connectivity index (χ0v) is 10.8. The van der Waals surface area contributed by atoms with E-state index in [0.717, 1.165) is 16.7 Å². The van der Waals surface area contributed by atoms with Gasteiger partial charge in [0.05, 0.1) is 22.0 Å². The fourth-order valence-corrected chi connectivity index (χ4v) is 1.95. The van der Waals surface area contributed by atoms with Crippen LogP contribution in [0, 0.1) is 5.92 Å². The molecular weight excluding hydrogens is 254 g/mol. The minimum Gasteiger partial charge on any atom is -0.396 e. The summed E-state index contributed by atoms with van der Waals surface area (Å²) in [6.45, 7) is 5.38. The van der Waals surface area contributed by atoms with Gasteiger partial charge in [0.25, 0.3) is 0 Å². The molecule has 1 heterocycles. The van der Waals surface area contributed by atoms with Crippen LogP contribution >= 0.6 is 15.9 Å². The molecule has 0 amide bonds. The van der Waals surface area contributed by atoms with Crippen molar-refractivity contribution < 1.29 is 0 Å². The maximum Gasteiger partial charge on any atom is 0.0750 e. The molecular formula is C11H18BrN3. The first-order valence-electron chi connectivity index (χ1n) is 5.31. The van der Waals surface area contributed by atoms with E-state index in [1.807, 2.05) is 0 Å². The highest BCUT2D eigenvalue weighted by atomic mass is 79.9. The van der Waals surface area contributed by atoms with Crippen molar-refractivity contribution >= 4 is 27.3 Å². The predicted octanol–water partition coefficient (Wildman–Crippen LogP) is 3.27. The molecule has 0 bridgehead atoms. The lowest BCUT2D eigenvalue weighted by Crippen LogP contribution is -2.14. The molecule has 0 aliphatic heterocycles. The maximum absolute atomic E-state index is 5.84. The largest absolute Gasteiger partial charge is 0.396 e. The Kier molecular flexibility index (Phi) is 4.88. The second kappa shape index (κ2) is 5.95. The lowest BCUT2D eigenvalue weighted by atomic mass is 10.0. The molecule has 15 heavy (non-hydrogen) atoms. The Balaban J connectivity index is 2.64. The SMILES string of the molecule is CCC(CC)CNc1c(N)cncc1Br. The van der Waals surface area contributed by atoms with Crippen LogP contribution in [0.2, 0.25) is 0 Å². The Labute approximate surface area is 99.6 Å². The van der Waals surface area contributed by atoms with Gasteiger partial charge in [0.15, 0.2) is 0 Å². The van der Waals surface area contributed by atoms with E-state index in [2.05, 4.69) is 40.1 Å². The molecule has 0 aliphatic rings. The van der Waals surface area contributed by atoms with Crippen LogP contribution in [0.1, 0.15) is 26.7 Å². The number of nitrogens with two attached hydrogens (primary N) is 1. The third kappa shape index (κ3) is 3.38. The highest BCUT2D eigenvalue weighted by molar-refractivity contribution is 9.10. The lowest BCUT2D eigenvalue weighted by Gasteiger charge is -2.16. The summed E-state index contributed by atoms with van der Waals surface area (Å²) in [6.07, 6.45) is 5.80. The molecule has 3 nitrogen and oxygen atoms in total. The molecule has 0 saturated heterocycles. The Morgan fingerprint density at radius 2 is 2.07 bits per heavy atom. The molecule has 0 spiro atoms. The summed E-state index contributed by atoms with van der Waals surface area (Å²) in [7, 11) is 0. The van der Waals surface area contributed by atoms with Gasteiger partial charge in [-0.05, 0) is 21.8 Å². The fourth-order valence-electron chi connectivity index (χ4n) is 1.46. The van der Waals surface area contributed by atoms with Crippen LogP contribution in [0.5, 0.6) is 0 Å². The minimum atomic E-state index is 0.690. The molecule has 0 aliphatic carbocycles. The molecule has 0 unspecified atom stereocenters. The van der Waals surface area contributed by atoms with Gasteiger partial charge in [0.1, 0.15) is 0 Å². The number of nitrogens with one attached hydrogen (secondary N) is 1. The molecule has 0 atom stereocenters. The summed E-state index contributed by atoms with van der Waals surface area (Å²) in [6, 6.07) is 0. The number of anilines is 2. The highest BCUT2D eigenvalue weighted by Gasteiger charge is 2.07. The second-order valence-electron chi connectivity index (χ2n) is 3.65. The van der Waals surface area contributed by atoms with Crippen LogP contribution in [0.4, 0.5) is 11.4 Å². The fraction of sp³-hybridized carbons (Fsp3) is 0.545. The van der Waals surface area contributed by atoms with Crippen molar-refractivity contribution in [3.8, 4) is 0 Å². The van der Waals surface area contributed by atoms with E-state index in [9.17, 15) is 0 Å². The molecule has 84 valence electrons. The molecule has 1 aromatic rings. The summed E-state index contributed by atoms with van der Waals surface area (Å²) in [5.74, 6) is 0.699. The van der Waals surface area contributed by atoms with Gasteiger partial charge >= 0.3 is 0 Å². The summed E-state index contributed by atoms with van der Waals surface area (Å²) in [4.78, 5) is 4.00. The Hall–Kier alpha value is -0.770. The molecule has 4 heteroatoms. The van der Waals surface area contributed by atoms with E-state index >= 15 is 0 Å². The van der Waals surface area contributed by atoms with Gasteiger partial charge in [-0.25, -0.2) is 0 Å². The predicted molar refractivity (Wildman–Crippen MR) is 68.9 cm³/mol. The van der Waals surface area contributed by atoms with E-state index in [4.69, 9.17) is 5.73 Å². The van der Waals surface area contributed by atoms with Gasteiger partial charge in [0, 0.05) is 12.7 Å². The first-order valence-corrected chi connectivity index (χ1v) is 6.11. The third-order valence-electron chi connectivity index (χ3n) is 2.65. The van der Waals surface area contributed by atoms with Crippen LogP contribution in [-0.4, -0.2) is 11.5 Å². The van der Waals surface area contributed by atoms with Crippen molar-refractivity contribution in [2.24, 2.45) is 5.92 Å². The summed E-state index contributed by atoms with van der Waals surface area (Å²) >= 11 is 3.44. The number of pyridine rings is 1. The average Bonchev–Trinajstić information content (AvgIpc) is 2.23. The first-order chi connectivity index (χ1) is 7.19. The number of aromatic nitrogens is 1. The number of rotatable bonds is 5. The molecule has 0 fully saturated rings. The number of nitrogen functional groups attached to an aromatic ring is 1. The summed E-state index contributed by atoms with van der Waals surface area (Å²) in [5, 5.41) is 3.37. The van der Waals surface area contributed by atoms with Crippen molar-refractivity contribution in [1.82, 2.24) is 4.98 Å². The van der Waals surface area contributed by atoms with Crippen LogP contribution in [-0.2, 0) is 0 Å². The quantitative estimate of drug-likeness (QED) is 0.864. The van der Waals surface area contributed by atoms with E-state index < -0.39 is 0 Å². The molecule has 0 radical (unpaired) electrons. The van der Waals surface area contributed by atoms with Crippen LogP contribution in [0.15, 0.2) is 16.9 Å². The van der Waals surface area contributed by atoms with Crippen LogP contribution in [0.3, 0.4) is 0 Å². The number of halogens is 1. The zero-order valence-electron chi connectivity index (χ0n) is 9.26. The van der Waals surface area contributed by atoms with E-state index in [1.54, 1.807) is 12.4 Å². The number of hydrogen-bond donors (Lipinski definition) is 2. The Morgan fingerprint density at radius 3 is 2.60 bits per heavy atom. The van der Waals surface area contributed by atoms with Crippen molar-refractivity contribution in [2.75, 3.05) is 17.6 Å². The Bertz CT molecular complexity index is 290. The zero-order chi connectivity index (χ0) is 11.3. The topological polar surface area (TPSA) is 50.9 Å². The van der Waals surface area contributed by atoms with E-state index in [0.29, 0.717) is 11.6 Å². The van der Waals surface area contributed by atoms with E-state index in [-0.39, 0.29) is 0 Å². The lowest BCUT2D eigenvalue weighted by molar-refractivity contribution is 0.519. The van der Waals surface area contributed by atoms with Gasteiger partial charge < -0.3 is 11.1 Å². The average molecular weight is 272 g/mol. The molecule has 1 rings (SSSR count). The van der Waals surface area contributed by atoms with Crippen LogP contribution in [0.25, 0.3) is 0 Å². The van der Waals surface area contributed by atoms with Gasteiger partial charge in [-0.1, -0.05) is 26.7 Å². The smallest absolute Gasteiger partial charge is 0.0750 e. The minimum absolute atomic E-state index is 0.690. The standard InChI is InChI=1S/C11H18BrN3/c1-3-8(4-2)5-15-11-9(12)6-14-7-10(11)13/h6-8H,3-5,13H2,1-2H3,(H,14,15). The van der Waals surface area contributed by atoms with E-state index in [1.165, 1.54) is 12.8 Å². The molecule has 1 aromatic heterocycles. The number of nitrogens with zero attached hydrogens (tertiary/aromatic N) is 1. The highest BCUT2D eigenvalue weighted by Crippen LogP contribution is 2.27. The van der Waals surface area contributed by atoms with Gasteiger partial charge in [-0.3, -0.25) is 4.98 Å². The number of hydrogen-bond acceptors (Lipinski definition) is 3. The van der Waals surface area contributed by atoms with Gasteiger partial charge in [-0.15, -0.1) is 0 Å². The van der Waals surface area contributed by atoms with Crippen molar-refractivity contribution in [1.29, 1.82) is 0 Å². The first kappa shape index (κ1) is 12.3. The second-order valence-corrected chi connectivity index (χ2v) is 4.50. The Morgan fingerprint density at radius 1 is 1.40 bits per heavy atom. The maximum atomic E-state index is 5.84. The van der Waals surface area contributed by atoms with Crippen molar-refractivity contribution in [3.05, 3.63) is 16.9 Å². The van der Waals surface area contributed by atoms with Crippen molar-refractivity contribution in [3.63, 3.8) is 0 Å². The van der Waals surface area contributed by atoms with Crippen LogP contribution < -0.4 is 11.1 Å². The third-order valence-corrected chi connectivity index (χ3v) is 3.25. The van der Waals surface area contributed by atoms with Crippen molar-refractivity contribution in [2.45, 2.75) is 26.7 Å². The molecule has 3 N–H and O–H groups in total. The normalized spacial score (nSPS) is 10.7. The molecule has 0 saturated carbocycles. The van der Waals surface area contributed by atoms with Gasteiger partial charge in [-0.2, -0.15) is 0 Å². The summed E-state index contributed by atoms with van der Waals surface area (Å²) in [5.41, 5.74) is 7.48. The monoisotopic (exact) mass is 271 g/mol. The summed E-state index contributed by atoms with van der Waals surface area (Å²) < 4.78 is 0.924. The molecule has 0 aromatic carbocycles.